The van der Waals surface area contributed by atoms with Gasteiger partial charge in [0.05, 0.1) is 18.9 Å². The molecule has 8 nitrogen and oxygen atoms in total. The molecule has 9 heteroatoms. The van der Waals surface area contributed by atoms with Gasteiger partial charge in [-0.1, -0.05) is 17.7 Å². The Morgan fingerprint density at radius 3 is 2.25 bits per heavy atom. The third-order valence-corrected chi connectivity index (χ3v) is 4.32. The average molecular weight is 452 g/mol. The molecule has 32 heavy (non-hydrogen) atoms. The molecule has 0 aromatic heterocycles. The van der Waals surface area contributed by atoms with Gasteiger partial charge in [0, 0.05) is 10.7 Å². The van der Waals surface area contributed by atoms with Gasteiger partial charge >= 0.3 is 17.8 Å². The van der Waals surface area contributed by atoms with Gasteiger partial charge in [-0.2, -0.15) is 5.10 Å². The minimum Gasteiger partial charge on any atom is -0.497 e. The maximum atomic E-state index is 12.2. The number of halogens is 1. The minimum absolute atomic E-state index is 0.341. The van der Waals surface area contributed by atoms with E-state index in [0.29, 0.717) is 33.3 Å². The third kappa shape index (κ3) is 6.41. The van der Waals surface area contributed by atoms with Crippen LogP contribution in [0.25, 0.3) is 0 Å². The van der Waals surface area contributed by atoms with E-state index in [-0.39, 0.29) is 0 Å². The lowest BCUT2D eigenvalue weighted by Gasteiger charge is -2.05. The van der Waals surface area contributed by atoms with Gasteiger partial charge in [0.2, 0.25) is 0 Å². The van der Waals surface area contributed by atoms with Gasteiger partial charge < -0.3 is 14.8 Å². The Morgan fingerprint density at radius 1 is 0.906 bits per heavy atom. The van der Waals surface area contributed by atoms with Gasteiger partial charge in [0.1, 0.15) is 11.5 Å². The van der Waals surface area contributed by atoms with Gasteiger partial charge in [-0.15, -0.1) is 0 Å². The quantitative estimate of drug-likeness (QED) is 0.195. The number of nitrogens with zero attached hydrogens (tertiary/aromatic N) is 1. The van der Waals surface area contributed by atoms with Crippen molar-refractivity contribution in [3.63, 3.8) is 0 Å². The number of carbonyl (C=O) groups excluding carboxylic acids is 3. The van der Waals surface area contributed by atoms with Crippen molar-refractivity contribution in [3.8, 4) is 11.5 Å². The number of esters is 1. The summed E-state index contributed by atoms with van der Waals surface area (Å²) in [5.74, 6) is -1.35. The Bertz CT molecular complexity index is 1150. The van der Waals surface area contributed by atoms with E-state index in [2.05, 4.69) is 15.8 Å². The Labute approximate surface area is 188 Å². The molecule has 3 aromatic rings. The zero-order valence-electron chi connectivity index (χ0n) is 16.9. The van der Waals surface area contributed by atoms with Crippen molar-refractivity contribution in [3.05, 3.63) is 88.9 Å². The number of hydrogen-bond acceptors (Lipinski definition) is 6. The number of ether oxygens (including phenoxy) is 2. The molecule has 3 rings (SSSR count). The summed E-state index contributed by atoms with van der Waals surface area (Å²) < 4.78 is 10.4. The number of amides is 2. The Morgan fingerprint density at radius 2 is 1.59 bits per heavy atom. The van der Waals surface area contributed by atoms with Crippen LogP contribution in [0.5, 0.6) is 11.5 Å². The van der Waals surface area contributed by atoms with Crippen LogP contribution in [0, 0.1) is 0 Å². The monoisotopic (exact) mass is 451 g/mol. The lowest BCUT2D eigenvalue weighted by atomic mass is 10.2. The Hall–Kier alpha value is -4.17. The molecule has 0 atom stereocenters. The largest absolute Gasteiger partial charge is 0.497 e. The van der Waals surface area contributed by atoms with Crippen molar-refractivity contribution < 1.29 is 23.9 Å². The fourth-order valence-corrected chi connectivity index (χ4v) is 2.68. The van der Waals surface area contributed by atoms with Crippen LogP contribution in [-0.4, -0.2) is 31.1 Å². The van der Waals surface area contributed by atoms with Gasteiger partial charge in [-0.3, -0.25) is 9.59 Å². The molecule has 162 valence electrons. The summed E-state index contributed by atoms with van der Waals surface area (Å²) in [5.41, 5.74) is 3.52. The summed E-state index contributed by atoms with van der Waals surface area (Å²) in [6.45, 7) is 0. The van der Waals surface area contributed by atoms with Crippen molar-refractivity contribution >= 4 is 41.3 Å². The number of methoxy groups -OCH3 is 1. The fourth-order valence-electron chi connectivity index (χ4n) is 2.49. The molecule has 0 saturated carbocycles. The molecule has 0 fully saturated rings. The minimum atomic E-state index is -0.939. The molecular weight excluding hydrogens is 434 g/mol. The topological polar surface area (TPSA) is 106 Å². The van der Waals surface area contributed by atoms with Gasteiger partial charge in [0.15, 0.2) is 0 Å². The van der Waals surface area contributed by atoms with Crippen LogP contribution in [0.15, 0.2) is 77.9 Å². The number of nitrogens with one attached hydrogen (secondary N) is 2. The van der Waals surface area contributed by atoms with Crippen LogP contribution in [0.4, 0.5) is 5.69 Å². The number of hydrogen-bond donors (Lipinski definition) is 2. The first-order valence-electron chi connectivity index (χ1n) is 9.31. The first-order chi connectivity index (χ1) is 15.4. The molecule has 0 bridgehead atoms. The van der Waals surface area contributed by atoms with Crippen molar-refractivity contribution in [1.82, 2.24) is 5.43 Å². The average Bonchev–Trinajstić information content (AvgIpc) is 2.80. The molecule has 0 aliphatic carbocycles. The van der Waals surface area contributed by atoms with E-state index in [1.54, 1.807) is 73.8 Å². The highest BCUT2D eigenvalue weighted by molar-refractivity contribution is 6.39. The molecule has 2 amide bonds. The maximum Gasteiger partial charge on any atom is 0.343 e. The number of hydrazone groups is 1. The standard InChI is InChI=1S/C23H18ClN3O5/c1-31-19-11-7-16(8-12-19)23(30)32-20-9-5-15(6-10-20)14-25-27-22(29)21(28)26-18-4-2-3-17(24)13-18/h2-14H,1H3,(H,26,28)(H,27,29)/b25-14+. The normalized spacial score (nSPS) is 10.4. The predicted molar refractivity (Wildman–Crippen MR) is 120 cm³/mol. The van der Waals surface area contributed by atoms with Crippen LogP contribution >= 0.6 is 11.6 Å². The van der Waals surface area contributed by atoms with Gasteiger partial charge in [0.25, 0.3) is 0 Å². The van der Waals surface area contributed by atoms with Crippen molar-refractivity contribution in [2.45, 2.75) is 0 Å². The van der Waals surface area contributed by atoms with E-state index in [0.717, 1.165) is 0 Å². The van der Waals surface area contributed by atoms with Crippen molar-refractivity contribution in [2.24, 2.45) is 5.10 Å². The number of anilines is 1. The SMILES string of the molecule is COc1ccc(C(=O)Oc2ccc(/C=N/NC(=O)C(=O)Nc3cccc(Cl)c3)cc2)cc1. The smallest absolute Gasteiger partial charge is 0.343 e. The Kier molecular flexibility index (Phi) is 7.55. The molecule has 0 aliphatic rings. The van der Waals surface area contributed by atoms with Crippen LogP contribution < -0.4 is 20.2 Å². The van der Waals surface area contributed by atoms with Crippen molar-refractivity contribution in [2.75, 3.05) is 12.4 Å². The molecule has 0 radical (unpaired) electrons. The lowest BCUT2D eigenvalue weighted by molar-refractivity contribution is -0.136. The summed E-state index contributed by atoms with van der Waals surface area (Å²) in [5, 5.41) is 6.59. The van der Waals surface area contributed by atoms with Gasteiger partial charge in [-0.05, 0) is 72.3 Å². The zero-order valence-corrected chi connectivity index (χ0v) is 17.6. The highest BCUT2D eigenvalue weighted by Crippen LogP contribution is 2.16. The molecule has 0 heterocycles. The second-order valence-electron chi connectivity index (χ2n) is 6.35. The summed E-state index contributed by atoms with van der Waals surface area (Å²) in [7, 11) is 1.54. The predicted octanol–water partition coefficient (Wildman–Crippen LogP) is 3.66. The summed E-state index contributed by atoms with van der Waals surface area (Å²) in [6, 6.07) is 19.4. The maximum absolute atomic E-state index is 12.2. The molecule has 0 unspecified atom stereocenters. The lowest BCUT2D eigenvalue weighted by Crippen LogP contribution is -2.32. The van der Waals surface area contributed by atoms with Gasteiger partial charge in [-0.25, -0.2) is 10.2 Å². The highest BCUT2D eigenvalue weighted by Gasteiger charge is 2.13. The number of benzene rings is 3. The van der Waals surface area contributed by atoms with E-state index in [1.165, 1.54) is 12.3 Å². The molecule has 0 spiro atoms. The summed E-state index contributed by atoms with van der Waals surface area (Å²) >= 11 is 5.83. The summed E-state index contributed by atoms with van der Waals surface area (Å²) in [4.78, 5) is 35.9. The van der Waals surface area contributed by atoms with E-state index in [1.807, 2.05) is 0 Å². The molecular formula is C23H18ClN3O5. The molecule has 0 saturated heterocycles. The van der Waals surface area contributed by atoms with E-state index in [4.69, 9.17) is 21.1 Å². The molecule has 3 aromatic carbocycles. The van der Waals surface area contributed by atoms with Crippen LogP contribution in [0.3, 0.4) is 0 Å². The summed E-state index contributed by atoms with van der Waals surface area (Å²) in [6.07, 6.45) is 1.35. The van der Waals surface area contributed by atoms with Crippen LogP contribution in [0.1, 0.15) is 15.9 Å². The number of carbonyl (C=O) groups is 3. The van der Waals surface area contributed by atoms with Crippen LogP contribution in [-0.2, 0) is 9.59 Å². The third-order valence-electron chi connectivity index (χ3n) is 4.08. The van der Waals surface area contributed by atoms with E-state index >= 15 is 0 Å². The number of rotatable bonds is 6. The second-order valence-corrected chi connectivity index (χ2v) is 6.79. The highest BCUT2D eigenvalue weighted by atomic mass is 35.5. The zero-order chi connectivity index (χ0) is 22.9. The molecule has 2 N–H and O–H groups in total. The Balaban J connectivity index is 1.50. The first kappa shape index (κ1) is 22.5. The molecule has 0 aliphatic heterocycles. The first-order valence-corrected chi connectivity index (χ1v) is 9.68. The second kappa shape index (κ2) is 10.7. The van der Waals surface area contributed by atoms with E-state index in [9.17, 15) is 14.4 Å². The van der Waals surface area contributed by atoms with Crippen molar-refractivity contribution in [1.29, 1.82) is 0 Å². The van der Waals surface area contributed by atoms with E-state index < -0.39 is 17.8 Å². The fraction of sp³-hybridized carbons (Fsp3) is 0.0435. The van der Waals surface area contributed by atoms with Crippen LogP contribution in [0.2, 0.25) is 5.02 Å².